The Hall–Kier alpha value is -2.25. The SMILES string of the molecule is Cc1c(OC(F)(F)F)cccc1C1CCN(C(=O)C2CC3(COC(=O)C3)C2)CC1. The van der Waals surface area contributed by atoms with Gasteiger partial charge >= 0.3 is 12.3 Å². The Morgan fingerprint density at radius 1 is 1.24 bits per heavy atom. The third-order valence-corrected chi connectivity index (χ3v) is 6.56. The molecule has 1 aromatic rings. The van der Waals surface area contributed by atoms with Crippen molar-refractivity contribution in [3.05, 3.63) is 29.3 Å². The van der Waals surface area contributed by atoms with Crippen molar-refractivity contribution >= 4 is 11.9 Å². The summed E-state index contributed by atoms with van der Waals surface area (Å²) in [4.78, 5) is 26.0. The van der Waals surface area contributed by atoms with Crippen LogP contribution in [0.3, 0.4) is 0 Å². The fourth-order valence-corrected chi connectivity index (χ4v) is 5.04. The predicted octanol–water partition coefficient (Wildman–Crippen LogP) is 3.94. The van der Waals surface area contributed by atoms with Crippen molar-refractivity contribution in [1.82, 2.24) is 4.90 Å². The Balaban J connectivity index is 1.34. The van der Waals surface area contributed by atoms with Crippen molar-refractivity contribution in [1.29, 1.82) is 0 Å². The molecule has 0 atom stereocenters. The van der Waals surface area contributed by atoms with Gasteiger partial charge in [0.05, 0.1) is 13.0 Å². The number of esters is 1. The molecule has 1 aliphatic carbocycles. The molecule has 5 nitrogen and oxygen atoms in total. The van der Waals surface area contributed by atoms with Crippen LogP contribution in [-0.2, 0) is 14.3 Å². The standard InChI is InChI=1S/C21H24F3NO4/c1-13-16(3-2-4-17(13)29-21(22,23)24)14-5-7-25(8-6-14)19(27)15-9-20(10-15)11-18(26)28-12-20/h2-4,14-15H,5-12H2,1H3. The fourth-order valence-electron chi connectivity index (χ4n) is 5.04. The fraction of sp³-hybridized carbons (Fsp3) is 0.619. The van der Waals surface area contributed by atoms with Crippen LogP contribution in [0.4, 0.5) is 13.2 Å². The smallest absolute Gasteiger partial charge is 0.465 e. The van der Waals surface area contributed by atoms with Crippen LogP contribution in [0, 0.1) is 18.3 Å². The lowest BCUT2D eigenvalue weighted by Crippen LogP contribution is -2.49. The van der Waals surface area contributed by atoms with Gasteiger partial charge in [0.2, 0.25) is 5.91 Å². The first-order valence-corrected chi connectivity index (χ1v) is 9.95. The van der Waals surface area contributed by atoms with Gasteiger partial charge in [0.1, 0.15) is 5.75 Å². The number of cyclic esters (lactones) is 1. The van der Waals surface area contributed by atoms with Gasteiger partial charge in [-0.15, -0.1) is 13.2 Å². The first-order chi connectivity index (χ1) is 13.7. The molecule has 1 spiro atoms. The first-order valence-electron chi connectivity index (χ1n) is 9.95. The second kappa shape index (κ2) is 7.22. The maximum atomic E-state index is 12.8. The molecule has 4 rings (SSSR count). The summed E-state index contributed by atoms with van der Waals surface area (Å²) in [6.07, 6.45) is -1.48. The molecule has 1 amide bonds. The van der Waals surface area contributed by atoms with E-state index in [0.29, 0.717) is 57.4 Å². The highest BCUT2D eigenvalue weighted by Crippen LogP contribution is 2.52. The number of carbonyl (C=O) groups excluding carboxylic acids is 2. The first kappa shape index (κ1) is 20.0. The van der Waals surface area contributed by atoms with Crippen LogP contribution in [0.5, 0.6) is 5.75 Å². The third-order valence-electron chi connectivity index (χ3n) is 6.56. The Morgan fingerprint density at radius 3 is 2.52 bits per heavy atom. The van der Waals surface area contributed by atoms with Crippen LogP contribution in [0.25, 0.3) is 0 Å². The summed E-state index contributed by atoms with van der Waals surface area (Å²) in [7, 11) is 0. The second-order valence-corrected chi connectivity index (χ2v) is 8.56. The van der Waals surface area contributed by atoms with E-state index < -0.39 is 6.36 Å². The lowest BCUT2D eigenvalue weighted by Gasteiger charge is -2.45. The molecule has 1 saturated carbocycles. The summed E-state index contributed by atoms with van der Waals surface area (Å²) >= 11 is 0. The van der Waals surface area contributed by atoms with Crippen molar-refractivity contribution in [3.8, 4) is 5.75 Å². The number of nitrogens with zero attached hydrogens (tertiary/aromatic N) is 1. The van der Waals surface area contributed by atoms with E-state index in [9.17, 15) is 22.8 Å². The normalized spacial score (nSPS) is 27.7. The minimum absolute atomic E-state index is 0.0497. The molecule has 0 radical (unpaired) electrons. The molecule has 2 heterocycles. The summed E-state index contributed by atoms with van der Waals surface area (Å²) in [6.45, 7) is 3.25. The minimum Gasteiger partial charge on any atom is -0.465 e. The van der Waals surface area contributed by atoms with Gasteiger partial charge < -0.3 is 14.4 Å². The molecule has 29 heavy (non-hydrogen) atoms. The zero-order valence-electron chi connectivity index (χ0n) is 16.3. The zero-order valence-corrected chi connectivity index (χ0v) is 16.3. The summed E-state index contributed by atoms with van der Waals surface area (Å²) in [5.74, 6) is -0.166. The van der Waals surface area contributed by atoms with Gasteiger partial charge in [0, 0.05) is 24.4 Å². The van der Waals surface area contributed by atoms with E-state index >= 15 is 0 Å². The molecule has 3 fully saturated rings. The van der Waals surface area contributed by atoms with E-state index in [1.807, 2.05) is 11.0 Å². The van der Waals surface area contributed by atoms with Crippen LogP contribution < -0.4 is 4.74 Å². The van der Waals surface area contributed by atoms with Gasteiger partial charge in [-0.05, 0) is 55.7 Å². The largest absolute Gasteiger partial charge is 0.573 e. The van der Waals surface area contributed by atoms with Crippen LogP contribution in [0.2, 0.25) is 0 Å². The third kappa shape index (κ3) is 4.07. The maximum absolute atomic E-state index is 12.8. The molecular weight excluding hydrogens is 387 g/mol. The molecule has 0 unspecified atom stereocenters. The summed E-state index contributed by atoms with van der Waals surface area (Å²) in [6, 6.07) is 4.75. The number of benzene rings is 1. The summed E-state index contributed by atoms with van der Waals surface area (Å²) < 4.78 is 47.0. The number of hydrogen-bond donors (Lipinski definition) is 0. The number of hydrogen-bond acceptors (Lipinski definition) is 4. The average Bonchev–Trinajstić information content (AvgIpc) is 3.03. The molecule has 2 aliphatic heterocycles. The van der Waals surface area contributed by atoms with Crippen molar-refractivity contribution in [2.75, 3.05) is 19.7 Å². The van der Waals surface area contributed by atoms with Crippen LogP contribution >= 0.6 is 0 Å². The Morgan fingerprint density at radius 2 is 1.93 bits per heavy atom. The number of alkyl halides is 3. The Bertz CT molecular complexity index is 809. The number of rotatable bonds is 3. The molecule has 0 N–H and O–H groups in total. The lowest BCUT2D eigenvalue weighted by atomic mass is 9.61. The topological polar surface area (TPSA) is 55.8 Å². The highest BCUT2D eigenvalue weighted by atomic mass is 19.4. The van der Waals surface area contributed by atoms with Crippen LogP contribution in [0.15, 0.2) is 18.2 Å². The number of piperidine rings is 1. The van der Waals surface area contributed by atoms with Crippen molar-refractivity contribution in [2.24, 2.45) is 11.3 Å². The van der Waals surface area contributed by atoms with Gasteiger partial charge in [-0.2, -0.15) is 0 Å². The zero-order chi connectivity index (χ0) is 20.8. The molecule has 1 aromatic carbocycles. The van der Waals surface area contributed by atoms with Crippen LogP contribution in [-0.4, -0.2) is 42.8 Å². The monoisotopic (exact) mass is 411 g/mol. The van der Waals surface area contributed by atoms with Gasteiger partial charge in [0.25, 0.3) is 0 Å². The van der Waals surface area contributed by atoms with E-state index in [0.717, 1.165) is 5.56 Å². The predicted molar refractivity (Wildman–Crippen MR) is 97.2 cm³/mol. The molecule has 8 heteroatoms. The molecule has 0 bridgehead atoms. The number of ether oxygens (including phenoxy) is 2. The summed E-state index contributed by atoms with van der Waals surface area (Å²) in [5, 5.41) is 0. The highest BCUT2D eigenvalue weighted by molar-refractivity contribution is 5.81. The lowest BCUT2D eigenvalue weighted by molar-refractivity contribution is -0.274. The Kier molecular flexibility index (Phi) is 4.99. The summed E-state index contributed by atoms with van der Waals surface area (Å²) in [5.41, 5.74) is 1.22. The quantitative estimate of drug-likeness (QED) is 0.707. The van der Waals surface area contributed by atoms with Crippen molar-refractivity contribution in [3.63, 3.8) is 0 Å². The van der Waals surface area contributed by atoms with E-state index in [4.69, 9.17) is 4.74 Å². The van der Waals surface area contributed by atoms with Crippen LogP contribution in [0.1, 0.15) is 49.1 Å². The van der Waals surface area contributed by atoms with Crippen molar-refractivity contribution < 1.29 is 32.2 Å². The Labute approximate surface area is 167 Å². The van der Waals surface area contributed by atoms with Gasteiger partial charge in [0.15, 0.2) is 0 Å². The van der Waals surface area contributed by atoms with E-state index in [2.05, 4.69) is 4.74 Å². The van der Waals surface area contributed by atoms with E-state index in [1.165, 1.54) is 6.07 Å². The number of amides is 1. The van der Waals surface area contributed by atoms with Gasteiger partial charge in [-0.1, -0.05) is 12.1 Å². The van der Waals surface area contributed by atoms with Gasteiger partial charge in [-0.3, -0.25) is 9.59 Å². The molecular formula is C21H24F3NO4. The second-order valence-electron chi connectivity index (χ2n) is 8.56. The van der Waals surface area contributed by atoms with E-state index in [1.54, 1.807) is 13.0 Å². The molecule has 0 aromatic heterocycles. The average molecular weight is 411 g/mol. The number of likely N-dealkylation sites (tertiary alicyclic amines) is 1. The van der Waals surface area contributed by atoms with Gasteiger partial charge in [-0.25, -0.2) is 0 Å². The number of halogens is 3. The highest BCUT2D eigenvalue weighted by Gasteiger charge is 2.53. The molecule has 2 saturated heterocycles. The van der Waals surface area contributed by atoms with Crippen molar-refractivity contribution in [2.45, 2.75) is 51.3 Å². The van der Waals surface area contributed by atoms with E-state index in [-0.39, 0.29) is 34.9 Å². The molecule has 158 valence electrons. The molecule has 3 aliphatic rings. The minimum atomic E-state index is -4.71. The maximum Gasteiger partial charge on any atom is 0.573 e. The number of carbonyl (C=O) groups is 2.